The second-order valence-corrected chi connectivity index (χ2v) is 5.28. The predicted octanol–water partition coefficient (Wildman–Crippen LogP) is 0.820. The van der Waals surface area contributed by atoms with Crippen LogP contribution in [0.3, 0.4) is 0 Å². The van der Waals surface area contributed by atoms with E-state index in [0.717, 1.165) is 0 Å². The zero-order valence-corrected chi connectivity index (χ0v) is 9.94. The van der Waals surface area contributed by atoms with Crippen LogP contribution in [0.25, 0.3) is 5.76 Å². The molecule has 1 aliphatic heterocycles. The minimum absolute atomic E-state index is 0.218. The Balaban J connectivity index is 2.36. The first-order valence-electron chi connectivity index (χ1n) is 5.09. The first kappa shape index (κ1) is 11.9. The molecule has 0 aliphatic carbocycles. The Morgan fingerprint density at radius 3 is 2.65 bits per heavy atom. The molecule has 2 rings (SSSR count). The molecule has 2 N–H and O–H groups in total. The summed E-state index contributed by atoms with van der Waals surface area (Å²) in [6.45, 7) is 0.955. The third kappa shape index (κ3) is 3.21. The molecule has 17 heavy (non-hydrogen) atoms. The predicted molar refractivity (Wildman–Crippen MR) is 63.1 cm³/mol. The minimum atomic E-state index is -3.56. The molecular weight excluding hydrogens is 242 g/mol. The molecular formula is C11H13NO4S. The van der Waals surface area contributed by atoms with Gasteiger partial charge in [-0.3, -0.25) is 0 Å². The van der Waals surface area contributed by atoms with Gasteiger partial charge in [0.25, 0.3) is 0 Å². The van der Waals surface area contributed by atoms with E-state index in [1.165, 1.54) is 6.26 Å². The van der Waals surface area contributed by atoms with Gasteiger partial charge >= 0.3 is 0 Å². The number of hydrogen-bond donors (Lipinski definition) is 1. The summed E-state index contributed by atoms with van der Waals surface area (Å²) in [6, 6.07) is 7.05. The van der Waals surface area contributed by atoms with Gasteiger partial charge in [0.15, 0.2) is 5.76 Å². The van der Waals surface area contributed by atoms with Crippen LogP contribution < -0.4 is 5.14 Å². The van der Waals surface area contributed by atoms with Gasteiger partial charge in [-0.2, -0.15) is 0 Å². The molecule has 1 aromatic carbocycles. The van der Waals surface area contributed by atoms with E-state index in [0.29, 0.717) is 30.1 Å². The SMILES string of the molecule is NS(=O)(=O)Cc1ccccc1C1=COCCO1. The maximum Gasteiger partial charge on any atom is 0.213 e. The van der Waals surface area contributed by atoms with Crippen LogP contribution in [0.5, 0.6) is 0 Å². The van der Waals surface area contributed by atoms with Gasteiger partial charge in [0, 0.05) is 5.56 Å². The zero-order chi connectivity index (χ0) is 12.3. The van der Waals surface area contributed by atoms with Gasteiger partial charge in [-0.05, 0) is 5.56 Å². The molecule has 0 aromatic heterocycles. The van der Waals surface area contributed by atoms with Gasteiger partial charge in [0.05, 0.1) is 5.75 Å². The van der Waals surface area contributed by atoms with Crippen LogP contribution in [-0.4, -0.2) is 21.6 Å². The highest BCUT2D eigenvalue weighted by atomic mass is 32.2. The van der Waals surface area contributed by atoms with E-state index in [4.69, 9.17) is 14.6 Å². The average Bonchev–Trinajstić information content (AvgIpc) is 2.29. The van der Waals surface area contributed by atoms with Crippen molar-refractivity contribution in [2.45, 2.75) is 5.75 Å². The first-order valence-corrected chi connectivity index (χ1v) is 6.81. The van der Waals surface area contributed by atoms with Crippen LogP contribution in [0.4, 0.5) is 0 Å². The van der Waals surface area contributed by atoms with Crippen molar-refractivity contribution >= 4 is 15.8 Å². The van der Waals surface area contributed by atoms with Gasteiger partial charge in [0.1, 0.15) is 19.5 Å². The molecule has 0 saturated heterocycles. The number of hydrogen-bond acceptors (Lipinski definition) is 4. The second kappa shape index (κ2) is 4.77. The van der Waals surface area contributed by atoms with Crippen molar-refractivity contribution in [1.29, 1.82) is 0 Å². The van der Waals surface area contributed by atoms with Crippen molar-refractivity contribution in [2.75, 3.05) is 13.2 Å². The lowest BCUT2D eigenvalue weighted by Gasteiger charge is -2.17. The Hall–Kier alpha value is -1.53. The summed E-state index contributed by atoms with van der Waals surface area (Å²) in [5, 5.41) is 5.05. The molecule has 0 bridgehead atoms. The highest BCUT2D eigenvalue weighted by molar-refractivity contribution is 7.88. The fourth-order valence-corrected chi connectivity index (χ4v) is 2.30. The molecule has 5 nitrogen and oxygen atoms in total. The summed E-state index contributed by atoms with van der Waals surface area (Å²) in [4.78, 5) is 0. The zero-order valence-electron chi connectivity index (χ0n) is 9.13. The van der Waals surface area contributed by atoms with E-state index in [2.05, 4.69) is 0 Å². The van der Waals surface area contributed by atoms with Gasteiger partial charge < -0.3 is 9.47 Å². The van der Waals surface area contributed by atoms with Crippen LogP contribution in [-0.2, 0) is 25.2 Å². The molecule has 0 radical (unpaired) electrons. The second-order valence-electron chi connectivity index (χ2n) is 3.67. The summed E-state index contributed by atoms with van der Waals surface area (Å²) in [5.74, 6) is 0.319. The summed E-state index contributed by atoms with van der Waals surface area (Å²) < 4.78 is 32.8. The smallest absolute Gasteiger partial charge is 0.213 e. The molecule has 0 fully saturated rings. The summed E-state index contributed by atoms with van der Waals surface area (Å²) in [7, 11) is -3.56. The van der Waals surface area contributed by atoms with E-state index >= 15 is 0 Å². The van der Waals surface area contributed by atoms with Crippen molar-refractivity contribution in [3.8, 4) is 0 Å². The maximum atomic E-state index is 11.1. The summed E-state index contributed by atoms with van der Waals surface area (Å²) >= 11 is 0. The number of rotatable bonds is 3. The molecule has 0 amide bonds. The van der Waals surface area contributed by atoms with Crippen LogP contribution in [0, 0.1) is 0 Å². The van der Waals surface area contributed by atoms with E-state index in [1.807, 2.05) is 0 Å². The Bertz CT molecular complexity index is 536. The van der Waals surface area contributed by atoms with Gasteiger partial charge in [0.2, 0.25) is 10.0 Å². The molecule has 92 valence electrons. The van der Waals surface area contributed by atoms with E-state index in [1.54, 1.807) is 24.3 Å². The van der Waals surface area contributed by atoms with E-state index in [-0.39, 0.29) is 5.75 Å². The summed E-state index contributed by atoms with van der Waals surface area (Å²) in [5.41, 5.74) is 1.30. The number of ether oxygens (including phenoxy) is 2. The highest BCUT2D eigenvalue weighted by Crippen LogP contribution is 2.23. The topological polar surface area (TPSA) is 78.6 Å². The molecule has 0 unspecified atom stereocenters. The number of primary sulfonamides is 1. The largest absolute Gasteiger partial charge is 0.494 e. The fourth-order valence-electron chi connectivity index (χ4n) is 1.61. The van der Waals surface area contributed by atoms with Crippen molar-refractivity contribution in [3.63, 3.8) is 0 Å². The molecule has 1 aliphatic rings. The molecule has 0 spiro atoms. The monoisotopic (exact) mass is 255 g/mol. The average molecular weight is 255 g/mol. The molecule has 1 heterocycles. The van der Waals surface area contributed by atoms with Gasteiger partial charge in [-0.15, -0.1) is 0 Å². The van der Waals surface area contributed by atoms with Gasteiger partial charge in [-0.1, -0.05) is 24.3 Å². The van der Waals surface area contributed by atoms with Crippen LogP contribution in [0.2, 0.25) is 0 Å². The molecule has 0 atom stereocenters. The van der Waals surface area contributed by atoms with Crippen molar-refractivity contribution in [1.82, 2.24) is 0 Å². The number of benzene rings is 1. The van der Waals surface area contributed by atoms with Crippen molar-refractivity contribution in [3.05, 3.63) is 41.7 Å². The Kier molecular flexibility index (Phi) is 3.35. The first-order chi connectivity index (χ1) is 8.06. The molecule has 0 saturated carbocycles. The fraction of sp³-hybridized carbons (Fsp3) is 0.273. The van der Waals surface area contributed by atoms with Crippen LogP contribution >= 0.6 is 0 Å². The summed E-state index contributed by atoms with van der Waals surface area (Å²) in [6.07, 6.45) is 1.49. The highest BCUT2D eigenvalue weighted by Gasteiger charge is 2.15. The minimum Gasteiger partial charge on any atom is -0.494 e. The lowest BCUT2D eigenvalue weighted by atomic mass is 10.1. The van der Waals surface area contributed by atoms with Crippen molar-refractivity contribution in [2.24, 2.45) is 5.14 Å². The molecule has 6 heteroatoms. The maximum absolute atomic E-state index is 11.1. The Labute approximate surface area is 99.9 Å². The Morgan fingerprint density at radius 1 is 1.24 bits per heavy atom. The third-order valence-corrected chi connectivity index (χ3v) is 3.00. The molecule has 1 aromatic rings. The van der Waals surface area contributed by atoms with Gasteiger partial charge in [-0.25, -0.2) is 13.6 Å². The van der Waals surface area contributed by atoms with E-state index in [9.17, 15) is 8.42 Å². The lowest BCUT2D eigenvalue weighted by molar-refractivity contribution is 0.125. The quantitative estimate of drug-likeness (QED) is 0.867. The number of sulfonamides is 1. The Morgan fingerprint density at radius 2 is 2.00 bits per heavy atom. The lowest BCUT2D eigenvalue weighted by Crippen LogP contribution is -2.16. The van der Waals surface area contributed by atoms with Crippen LogP contribution in [0.1, 0.15) is 11.1 Å². The van der Waals surface area contributed by atoms with Crippen molar-refractivity contribution < 1.29 is 17.9 Å². The van der Waals surface area contributed by atoms with Crippen LogP contribution in [0.15, 0.2) is 30.5 Å². The normalized spacial score (nSPS) is 15.7. The number of nitrogens with two attached hydrogens (primary N) is 1. The third-order valence-electron chi connectivity index (χ3n) is 2.29. The van der Waals surface area contributed by atoms with E-state index < -0.39 is 10.0 Å². The standard InChI is InChI=1S/C11H13NO4S/c12-17(13,14)8-9-3-1-2-4-10(9)11-7-15-5-6-16-11/h1-4,7H,5-6,8H2,(H2,12,13,14).